The first kappa shape index (κ1) is 28.7. The third-order valence-corrected chi connectivity index (χ3v) is 5.82. The van der Waals surface area contributed by atoms with Crippen LogP contribution in [0.5, 0.6) is 5.75 Å². The van der Waals surface area contributed by atoms with Crippen molar-refractivity contribution in [3.05, 3.63) is 62.7 Å². The summed E-state index contributed by atoms with van der Waals surface area (Å²) in [4.78, 5) is 11.1. The molecule has 7 nitrogen and oxygen atoms in total. The molecule has 188 valence electrons. The van der Waals surface area contributed by atoms with Crippen molar-refractivity contribution in [1.82, 2.24) is 5.32 Å². The van der Waals surface area contributed by atoms with Crippen molar-refractivity contribution in [2.24, 2.45) is 0 Å². The van der Waals surface area contributed by atoms with Crippen LogP contribution in [0.15, 0.2) is 42.5 Å². The number of benzene rings is 2. The van der Waals surface area contributed by atoms with Crippen LogP contribution in [0.2, 0.25) is 0 Å². The molecular weight excluding hydrogens is 549 g/mol. The molecule has 3 N–H and O–H groups in total. The molecule has 2 aromatic carbocycles. The monoisotopic (exact) mass is 585 g/mol. The predicted octanol–water partition coefficient (Wildman–Crippen LogP) is 4.13. The summed E-state index contributed by atoms with van der Waals surface area (Å²) in [5, 5.41) is 23.1. The summed E-state index contributed by atoms with van der Waals surface area (Å²) < 4.78 is 17.5. The van der Waals surface area contributed by atoms with Crippen LogP contribution in [0.3, 0.4) is 0 Å². The topological polar surface area (TPSA) is 97.3 Å². The molecule has 0 aliphatic heterocycles. The average molecular weight is 585 g/mol. The van der Waals surface area contributed by atoms with E-state index < -0.39 is 12.1 Å². The normalized spacial score (nSPS) is 12.0. The molecule has 0 saturated heterocycles. The molecule has 0 unspecified atom stereocenters. The van der Waals surface area contributed by atoms with Crippen LogP contribution in [0, 0.1) is 3.57 Å². The number of carbonyl (C=O) groups excluding carboxylic acids is 1. The number of aliphatic hydroxyl groups is 2. The first-order valence-electron chi connectivity index (χ1n) is 11.7. The lowest BCUT2D eigenvalue weighted by Gasteiger charge is -2.15. The fourth-order valence-corrected chi connectivity index (χ4v) is 3.99. The van der Waals surface area contributed by atoms with Gasteiger partial charge in [0.25, 0.3) is 0 Å². The van der Waals surface area contributed by atoms with Crippen LogP contribution < -0.4 is 10.1 Å². The second-order valence-corrected chi connectivity index (χ2v) is 9.29. The SMILES string of the molecule is CC(=O)Oc1ccc([C@@H](O)CNCCCCCCOCCOCc2cccc(I)c2)cc1CO. The molecule has 8 heteroatoms. The van der Waals surface area contributed by atoms with E-state index >= 15 is 0 Å². The van der Waals surface area contributed by atoms with Crippen molar-refractivity contribution in [1.29, 1.82) is 0 Å². The van der Waals surface area contributed by atoms with Crippen LogP contribution in [0.25, 0.3) is 0 Å². The molecule has 0 heterocycles. The molecule has 2 aromatic rings. The zero-order valence-corrected chi connectivity index (χ0v) is 22.0. The molecule has 0 saturated carbocycles. The van der Waals surface area contributed by atoms with Crippen molar-refractivity contribution in [3.63, 3.8) is 0 Å². The smallest absolute Gasteiger partial charge is 0.308 e. The number of rotatable bonds is 17. The molecular formula is C26H36INO6. The van der Waals surface area contributed by atoms with Crippen molar-refractivity contribution >= 4 is 28.6 Å². The van der Waals surface area contributed by atoms with E-state index in [4.69, 9.17) is 14.2 Å². The van der Waals surface area contributed by atoms with Crippen LogP contribution in [-0.2, 0) is 27.5 Å². The molecule has 0 aromatic heterocycles. The molecule has 0 amide bonds. The van der Waals surface area contributed by atoms with Crippen molar-refractivity contribution in [2.75, 3.05) is 32.9 Å². The van der Waals surface area contributed by atoms with Gasteiger partial charge in [-0.25, -0.2) is 0 Å². The fraction of sp³-hybridized carbons (Fsp3) is 0.500. The third-order valence-electron chi connectivity index (χ3n) is 5.15. The lowest BCUT2D eigenvalue weighted by molar-refractivity contribution is -0.131. The Bertz CT molecular complexity index is 863. The summed E-state index contributed by atoms with van der Waals surface area (Å²) in [6.45, 7) is 4.86. The first-order chi connectivity index (χ1) is 16.5. The lowest BCUT2D eigenvalue weighted by Crippen LogP contribution is -2.22. The Kier molecular flexibility index (Phi) is 14.3. The highest BCUT2D eigenvalue weighted by Gasteiger charge is 2.12. The number of unbranched alkanes of at least 4 members (excludes halogenated alkanes) is 3. The molecule has 0 radical (unpaired) electrons. The van der Waals surface area contributed by atoms with E-state index in [2.05, 4.69) is 46.1 Å². The average Bonchev–Trinajstić information content (AvgIpc) is 2.81. The molecule has 0 fully saturated rings. The van der Waals surface area contributed by atoms with Crippen molar-refractivity contribution < 1.29 is 29.2 Å². The predicted molar refractivity (Wildman–Crippen MR) is 140 cm³/mol. The van der Waals surface area contributed by atoms with Gasteiger partial charge in [-0.2, -0.15) is 0 Å². The fourth-order valence-electron chi connectivity index (χ4n) is 3.39. The molecule has 34 heavy (non-hydrogen) atoms. The van der Waals surface area contributed by atoms with Crippen LogP contribution >= 0.6 is 22.6 Å². The van der Waals surface area contributed by atoms with Gasteiger partial charge in [-0.1, -0.05) is 31.0 Å². The lowest BCUT2D eigenvalue weighted by atomic mass is 10.1. The van der Waals surface area contributed by atoms with Gasteiger partial charge in [-0.15, -0.1) is 0 Å². The number of aliphatic hydroxyl groups excluding tert-OH is 2. The number of ether oxygens (including phenoxy) is 3. The van der Waals surface area contributed by atoms with E-state index in [1.807, 2.05) is 6.07 Å². The summed E-state index contributed by atoms with van der Waals surface area (Å²) >= 11 is 2.30. The van der Waals surface area contributed by atoms with Gasteiger partial charge in [0, 0.05) is 29.2 Å². The number of hydrogen-bond donors (Lipinski definition) is 3. The second kappa shape index (κ2) is 17.0. The Morgan fingerprint density at radius 1 is 1.03 bits per heavy atom. The van der Waals surface area contributed by atoms with Gasteiger partial charge in [-0.05, 0) is 77.4 Å². The maximum atomic E-state index is 11.1. The molecule has 0 bridgehead atoms. The first-order valence-corrected chi connectivity index (χ1v) is 12.8. The van der Waals surface area contributed by atoms with Crippen molar-refractivity contribution in [3.8, 4) is 5.75 Å². The zero-order valence-electron chi connectivity index (χ0n) is 19.8. The second-order valence-electron chi connectivity index (χ2n) is 8.05. The standard InChI is InChI=1S/C26H36INO6/c1-20(30)34-26-10-9-22(16-23(26)18-29)25(31)17-28-11-4-2-3-5-12-32-13-14-33-19-21-7-6-8-24(27)15-21/h6-10,15-16,25,28-29,31H,2-5,11-14,17-19H2,1H3/t25-/m0/s1. The van der Waals surface area contributed by atoms with E-state index in [1.165, 1.54) is 16.1 Å². The molecule has 0 aliphatic rings. The summed E-state index contributed by atoms with van der Waals surface area (Å²) in [5.41, 5.74) is 2.33. The minimum absolute atomic E-state index is 0.263. The summed E-state index contributed by atoms with van der Waals surface area (Å²) in [5.74, 6) is -0.128. The minimum atomic E-state index is -0.696. The summed E-state index contributed by atoms with van der Waals surface area (Å²) in [6, 6.07) is 13.3. The Labute approximate surface area is 216 Å². The van der Waals surface area contributed by atoms with E-state index in [1.54, 1.807) is 18.2 Å². The largest absolute Gasteiger partial charge is 0.426 e. The molecule has 2 rings (SSSR count). The van der Waals surface area contributed by atoms with Crippen molar-refractivity contribution in [2.45, 2.75) is 51.9 Å². The van der Waals surface area contributed by atoms with Gasteiger partial charge >= 0.3 is 5.97 Å². The molecule has 0 spiro atoms. The maximum Gasteiger partial charge on any atom is 0.308 e. The maximum absolute atomic E-state index is 11.1. The number of halogens is 1. The third kappa shape index (κ3) is 11.7. The van der Waals surface area contributed by atoms with Gasteiger partial charge < -0.3 is 29.7 Å². The highest BCUT2D eigenvalue weighted by atomic mass is 127. The van der Waals surface area contributed by atoms with Crippen LogP contribution in [-0.4, -0.2) is 49.1 Å². The zero-order chi connectivity index (χ0) is 24.6. The van der Waals surface area contributed by atoms with Gasteiger partial charge in [0.15, 0.2) is 0 Å². The Morgan fingerprint density at radius 3 is 2.59 bits per heavy atom. The number of nitrogens with one attached hydrogen (secondary N) is 1. The summed E-state index contributed by atoms with van der Waals surface area (Å²) in [7, 11) is 0. The van der Waals surface area contributed by atoms with Crippen LogP contribution in [0.4, 0.5) is 0 Å². The highest BCUT2D eigenvalue weighted by Crippen LogP contribution is 2.24. The number of carbonyl (C=O) groups is 1. The molecule has 1 atom stereocenters. The number of esters is 1. The van der Waals surface area contributed by atoms with Gasteiger partial charge in [0.1, 0.15) is 5.75 Å². The summed E-state index contributed by atoms with van der Waals surface area (Å²) in [6.07, 6.45) is 3.56. The van der Waals surface area contributed by atoms with Gasteiger partial charge in [0.2, 0.25) is 0 Å². The number of hydrogen-bond acceptors (Lipinski definition) is 7. The van der Waals surface area contributed by atoms with Gasteiger partial charge in [-0.3, -0.25) is 4.79 Å². The van der Waals surface area contributed by atoms with Crippen LogP contribution in [0.1, 0.15) is 55.4 Å². The Balaban J connectivity index is 1.45. The minimum Gasteiger partial charge on any atom is -0.426 e. The quantitative estimate of drug-likeness (QED) is 0.111. The van der Waals surface area contributed by atoms with E-state index in [0.717, 1.165) is 38.8 Å². The van der Waals surface area contributed by atoms with E-state index in [0.29, 0.717) is 43.2 Å². The highest BCUT2D eigenvalue weighted by molar-refractivity contribution is 14.1. The Morgan fingerprint density at radius 2 is 1.82 bits per heavy atom. The van der Waals surface area contributed by atoms with E-state index in [-0.39, 0.29) is 6.61 Å². The van der Waals surface area contributed by atoms with E-state index in [9.17, 15) is 15.0 Å². The molecule has 0 aliphatic carbocycles. The Hall–Kier alpha value is -1.56. The van der Waals surface area contributed by atoms with Gasteiger partial charge in [0.05, 0.1) is 32.5 Å².